The minimum absolute atomic E-state index is 0.0570. The first-order chi connectivity index (χ1) is 8.51. The molecule has 0 spiro atoms. The van der Waals surface area contributed by atoms with Crippen molar-refractivity contribution in [2.24, 2.45) is 11.3 Å². The van der Waals surface area contributed by atoms with E-state index in [1.807, 2.05) is 0 Å². The van der Waals surface area contributed by atoms with Gasteiger partial charge in [0, 0.05) is 13.1 Å². The van der Waals surface area contributed by atoms with Crippen molar-refractivity contribution in [1.82, 2.24) is 10.6 Å². The third-order valence-electron chi connectivity index (χ3n) is 4.32. The number of hydrogen-bond acceptors (Lipinski definition) is 3. The second-order valence-corrected chi connectivity index (χ2v) is 6.52. The van der Waals surface area contributed by atoms with Gasteiger partial charge in [-0.05, 0) is 37.0 Å². The van der Waals surface area contributed by atoms with E-state index in [0.717, 1.165) is 6.54 Å². The molecule has 1 saturated carbocycles. The molecule has 0 aromatic heterocycles. The van der Waals surface area contributed by atoms with E-state index in [1.165, 1.54) is 25.7 Å². The maximum absolute atomic E-state index is 12.0. The average molecular weight is 254 g/mol. The van der Waals surface area contributed by atoms with E-state index in [4.69, 9.17) is 0 Å². The Hall–Kier alpha value is -0.610. The minimum Gasteiger partial charge on any atom is -0.392 e. The van der Waals surface area contributed by atoms with E-state index in [-0.39, 0.29) is 18.1 Å². The Kier molecular flexibility index (Phi) is 4.28. The van der Waals surface area contributed by atoms with Crippen LogP contribution in [0.25, 0.3) is 0 Å². The largest absolute Gasteiger partial charge is 0.392 e. The van der Waals surface area contributed by atoms with Crippen molar-refractivity contribution in [2.75, 3.05) is 13.1 Å². The van der Waals surface area contributed by atoms with Gasteiger partial charge in [-0.2, -0.15) is 0 Å². The van der Waals surface area contributed by atoms with Gasteiger partial charge in [-0.3, -0.25) is 4.79 Å². The third-order valence-corrected chi connectivity index (χ3v) is 4.32. The molecule has 0 aromatic carbocycles. The highest BCUT2D eigenvalue weighted by molar-refractivity contribution is 5.82. The van der Waals surface area contributed by atoms with Crippen LogP contribution in [0.3, 0.4) is 0 Å². The average Bonchev–Trinajstić information content (AvgIpc) is 2.68. The highest BCUT2D eigenvalue weighted by Gasteiger charge is 2.38. The molecule has 1 aliphatic heterocycles. The quantitative estimate of drug-likeness (QED) is 0.687. The normalized spacial score (nSPS) is 30.2. The summed E-state index contributed by atoms with van der Waals surface area (Å²) in [5.41, 5.74) is 0.348. The predicted octanol–water partition coefficient (Wildman–Crippen LogP) is 1.04. The molecule has 2 unspecified atom stereocenters. The second-order valence-electron chi connectivity index (χ2n) is 6.52. The Balaban J connectivity index is 1.77. The van der Waals surface area contributed by atoms with Crippen LogP contribution in [-0.4, -0.2) is 36.2 Å². The smallest absolute Gasteiger partial charge is 0.237 e. The van der Waals surface area contributed by atoms with Crippen LogP contribution in [0.2, 0.25) is 0 Å². The van der Waals surface area contributed by atoms with Crippen molar-refractivity contribution < 1.29 is 9.90 Å². The van der Waals surface area contributed by atoms with E-state index in [1.54, 1.807) is 0 Å². The fraction of sp³-hybridized carbons (Fsp3) is 0.929. The van der Waals surface area contributed by atoms with Gasteiger partial charge < -0.3 is 15.7 Å². The zero-order valence-corrected chi connectivity index (χ0v) is 11.5. The number of rotatable bonds is 5. The van der Waals surface area contributed by atoms with Crippen molar-refractivity contribution in [1.29, 1.82) is 0 Å². The molecule has 18 heavy (non-hydrogen) atoms. The lowest BCUT2D eigenvalue weighted by atomic mass is 9.64. The molecule has 1 amide bonds. The van der Waals surface area contributed by atoms with Gasteiger partial charge in [0.2, 0.25) is 5.91 Å². The van der Waals surface area contributed by atoms with Gasteiger partial charge >= 0.3 is 0 Å². The van der Waals surface area contributed by atoms with Gasteiger partial charge in [0.1, 0.15) is 0 Å². The molecular formula is C14H26N2O2. The number of nitrogens with one attached hydrogen (secondary N) is 2. The van der Waals surface area contributed by atoms with Gasteiger partial charge in [0.15, 0.2) is 0 Å². The molecule has 2 aliphatic rings. The fourth-order valence-corrected chi connectivity index (χ4v) is 3.31. The summed E-state index contributed by atoms with van der Waals surface area (Å²) in [7, 11) is 0. The monoisotopic (exact) mass is 254 g/mol. The maximum Gasteiger partial charge on any atom is 0.237 e. The third kappa shape index (κ3) is 3.23. The molecule has 3 N–H and O–H groups in total. The van der Waals surface area contributed by atoms with Crippen LogP contribution in [-0.2, 0) is 4.79 Å². The summed E-state index contributed by atoms with van der Waals surface area (Å²) in [5, 5.41) is 15.5. The molecular weight excluding hydrogens is 228 g/mol. The van der Waals surface area contributed by atoms with Crippen LogP contribution in [0.1, 0.15) is 46.0 Å². The zero-order chi connectivity index (χ0) is 13.2. The van der Waals surface area contributed by atoms with Crippen LogP contribution >= 0.6 is 0 Å². The zero-order valence-electron chi connectivity index (χ0n) is 11.5. The minimum atomic E-state index is -0.367. The first kappa shape index (κ1) is 13.8. The van der Waals surface area contributed by atoms with Gasteiger partial charge in [-0.15, -0.1) is 0 Å². The summed E-state index contributed by atoms with van der Waals surface area (Å²) >= 11 is 0. The topological polar surface area (TPSA) is 61.4 Å². The Bertz CT molecular complexity index is 300. The number of amides is 1. The lowest BCUT2D eigenvalue weighted by Crippen LogP contribution is -2.47. The standard InChI is InChI=1S/C14H26N2O2/c1-10(2)7-14(4-3-5-14)9-16-13(18)12-6-11(17)8-15-12/h10-12,15,17H,3-9H2,1-2H3,(H,16,18). The number of aliphatic hydroxyl groups excluding tert-OH is 1. The van der Waals surface area contributed by atoms with Gasteiger partial charge in [-0.1, -0.05) is 20.3 Å². The molecule has 2 fully saturated rings. The first-order valence-corrected chi connectivity index (χ1v) is 7.20. The van der Waals surface area contributed by atoms with E-state index in [9.17, 15) is 9.90 Å². The SMILES string of the molecule is CC(C)CC1(CNC(=O)C2CC(O)CN2)CCC1. The molecule has 0 radical (unpaired) electrons. The highest BCUT2D eigenvalue weighted by Crippen LogP contribution is 2.45. The van der Waals surface area contributed by atoms with Crippen LogP contribution in [0.5, 0.6) is 0 Å². The molecule has 0 aromatic rings. The molecule has 1 heterocycles. The maximum atomic E-state index is 12.0. The Morgan fingerprint density at radius 2 is 2.22 bits per heavy atom. The van der Waals surface area contributed by atoms with Crippen molar-refractivity contribution in [3.05, 3.63) is 0 Å². The summed E-state index contributed by atoms with van der Waals surface area (Å²) in [6.07, 6.45) is 5.16. The fourth-order valence-electron chi connectivity index (χ4n) is 3.31. The van der Waals surface area contributed by atoms with Crippen LogP contribution in [0, 0.1) is 11.3 Å². The molecule has 1 saturated heterocycles. The number of hydrogen-bond donors (Lipinski definition) is 3. The molecule has 4 nitrogen and oxygen atoms in total. The van der Waals surface area contributed by atoms with Crippen LogP contribution < -0.4 is 10.6 Å². The van der Waals surface area contributed by atoms with Crippen LogP contribution in [0.15, 0.2) is 0 Å². The summed E-state index contributed by atoms with van der Waals surface area (Å²) in [5.74, 6) is 0.746. The first-order valence-electron chi connectivity index (χ1n) is 7.20. The van der Waals surface area contributed by atoms with Crippen molar-refractivity contribution in [3.8, 4) is 0 Å². The van der Waals surface area contributed by atoms with E-state index in [2.05, 4.69) is 24.5 Å². The van der Waals surface area contributed by atoms with E-state index in [0.29, 0.717) is 24.3 Å². The molecule has 2 atom stereocenters. The highest BCUT2D eigenvalue weighted by atomic mass is 16.3. The van der Waals surface area contributed by atoms with Gasteiger partial charge in [0.25, 0.3) is 0 Å². The van der Waals surface area contributed by atoms with E-state index >= 15 is 0 Å². The van der Waals surface area contributed by atoms with Crippen molar-refractivity contribution in [3.63, 3.8) is 0 Å². The van der Waals surface area contributed by atoms with Crippen LogP contribution in [0.4, 0.5) is 0 Å². The molecule has 2 rings (SSSR count). The number of β-amino-alcohol motifs (C(OH)–C–C–N with tert-alkyl or cyclic N) is 1. The summed E-state index contributed by atoms with van der Waals surface area (Å²) in [4.78, 5) is 12.0. The predicted molar refractivity (Wildman–Crippen MR) is 71.2 cm³/mol. The lowest BCUT2D eigenvalue weighted by Gasteiger charge is -2.43. The lowest BCUT2D eigenvalue weighted by molar-refractivity contribution is -0.124. The number of carbonyl (C=O) groups excluding carboxylic acids is 1. The van der Waals surface area contributed by atoms with Crippen molar-refractivity contribution in [2.45, 2.75) is 58.1 Å². The molecule has 1 aliphatic carbocycles. The van der Waals surface area contributed by atoms with Gasteiger partial charge in [0.05, 0.1) is 12.1 Å². The van der Waals surface area contributed by atoms with Crippen molar-refractivity contribution >= 4 is 5.91 Å². The number of carbonyl (C=O) groups is 1. The Morgan fingerprint density at radius 1 is 1.50 bits per heavy atom. The Morgan fingerprint density at radius 3 is 2.67 bits per heavy atom. The molecule has 0 bridgehead atoms. The number of aliphatic hydroxyl groups is 1. The van der Waals surface area contributed by atoms with Gasteiger partial charge in [-0.25, -0.2) is 0 Å². The second kappa shape index (κ2) is 5.57. The summed E-state index contributed by atoms with van der Waals surface area (Å²) < 4.78 is 0. The summed E-state index contributed by atoms with van der Waals surface area (Å²) in [6.45, 7) is 5.83. The Labute approximate surface area is 110 Å². The molecule has 4 heteroatoms. The van der Waals surface area contributed by atoms with E-state index < -0.39 is 0 Å². The molecule has 104 valence electrons. The summed E-state index contributed by atoms with van der Waals surface area (Å²) in [6, 6.07) is -0.198.